The number of hydrogen-bond acceptors (Lipinski definition) is 10. The van der Waals surface area contributed by atoms with E-state index in [1.165, 1.54) is 12.1 Å². The minimum atomic E-state index is -0.831. The summed E-state index contributed by atoms with van der Waals surface area (Å²) >= 11 is 0. The van der Waals surface area contributed by atoms with E-state index in [1.54, 1.807) is 12.1 Å². The van der Waals surface area contributed by atoms with Crippen molar-refractivity contribution >= 4 is 34.1 Å². The van der Waals surface area contributed by atoms with Crippen molar-refractivity contribution in [1.29, 1.82) is 0 Å². The van der Waals surface area contributed by atoms with E-state index in [2.05, 4.69) is 238 Å². The van der Waals surface area contributed by atoms with Crippen molar-refractivity contribution in [1.82, 2.24) is 0 Å². The third-order valence-electron chi connectivity index (χ3n) is 22.1. The van der Waals surface area contributed by atoms with Gasteiger partial charge in [-0.2, -0.15) is 0 Å². The van der Waals surface area contributed by atoms with Crippen molar-refractivity contribution in [3.63, 3.8) is 0 Å². The van der Waals surface area contributed by atoms with Gasteiger partial charge >= 0.3 is 0 Å². The number of ether oxygens (including phenoxy) is 8. The number of para-hydroxylation sites is 1. The van der Waals surface area contributed by atoms with Gasteiger partial charge in [0.1, 0.15) is 42.0 Å². The molecule has 12 aromatic carbocycles. The van der Waals surface area contributed by atoms with Crippen LogP contribution in [0.25, 0.3) is 33.4 Å². The second-order valence-corrected chi connectivity index (χ2v) is 28.2. The van der Waals surface area contributed by atoms with E-state index in [-0.39, 0.29) is 23.3 Å². The average molecular weight is 1410 g/mol. The van der Waals surface area contributed by atoms with Crippen LogP contribution in [0.3, 0.4) is 0 Å². The molecular weight excluding hydrogens is 1320 g/mol. The lowest BCUT2D eigenvalue weighted by Gasteiger charge is -2.40. The molecule has 106 heavy (non-hydrogen) atoms. The predicted molar refractivity (Wildman–Crippen MR) is 418 cm³/mol. The molecule has 2 atom stereocenters. The summed E-state index contributed by atoms with van der Waals surface area (Å²) in [6.07, 6.45) is 1.96. The number of halogens is 2. The Labute approximate surface area is 620 Å². The highest BCUT2D eigenvalue weighted by Gasteiger charge is 2.49. The highest BCUT2D eigenvalue weighted by molar-refractivity contribution is 5.92. The summed E-state index contributed by atoms with van der Waals surface area (Å²) in [5, 5.41) is 0. The van der Waals surface area contributed by atoms with Crippen LogP contribution in [0.4, 0.5) is 42.9 Å². The van der Waals surface area contributed by atoms with Crippen LogP contribution in [-0.2, 0) is 29.8 Å². The van der Waals surface area contributed by atoms with Gasteiger partial charge < -0.3 is 47.7 Å². The van der Waals surface area contributed by atoms with Crippen LogP contribution in [0.1, 0.15) is 85.0 Å². The van der Waals surface area contributed by atoms with Gasteiger partial charge in [0.15, 0.2) is 5.82 Å². The van der Waals surface area contributed by atoms with Gasteiger partial charge in [-0.05, 0) is 214 Å². The van der Waals surface area contributed by atoms with Gasteiger partial charge in [0.25, 0.3) is 0 Å². The van der Waals surface area contributed by atoms with Crippen LogP contribution in [-0.4, -0.2) is 79.3 Å². The van der Waals surface area contributed by atoms with Gasteiger partial charge in [-0.3, -0.25) is 0 Å². The maximum atomic E-state index is 17.4. The Balaban J connectivity index is 0.769. The van der Waals surface area contributed by atoms with Crippen molar-refractivity contribution in [2.45, 2.75) is 51.4 Å². The molecule has 10 nitrogen and oxygen atoms in total. The molecule has 2 aliphatic carbocycles. The maximum Gasteiger partial charge on any atom is 0.150 e. The second kappa shape index (κ2) is 29.9. The molecule has 0 radical (unpaired) electrons. The zero-order valence-corrected chi connectivity index (χ0v) is 60.4. The minimum Gasteiger partial charge on any atom is -0.493 e. The fraction of sp³-hybridized carbons (Fsp3) is 0.234. The fourth-order valence-corrected chi connectivity index (χ4v) is 16.1. The van der Waals surface area contributed by atoms with Crippen molar-refractivity contribution in [2.24, 2.45) is 10.8 Å². The highest BCUT2D eigenvalue weighted by Crippen LogP contribution is 2.60. The van der Waals surface area contributed by atoms with Crippen LogP contribution in [0.15, 0.2) is 279 Å². The van der Waals surface area contributed by atoms with E-state index in [0.29, 0.717) is 89.8 Å². The summed E-state index contributed by atoms with van der Waals surface area (Å²) in [5.74, 6) is 1.93. The fourth-order valence-electron chi connectivity index (χ4n) is 16.1. The highest BCUT2D eigenvalue weighted by atomic mass is 19.1. The first-order valence-corrected chi connectivity index (χ1v) is 37.1. The SMILES string of the molecule is CCOCCOc1ccc(C2(c3ccc(OCC4(CC)COC4)cc3)c3ccccc3-c3ccc(N(c4ccc(-c5ccc(N(c6ccc7c(c6)C(c6ccccc6)(c6ccc(OCC8(CC)COC8)cc6)c6ccccc6-7)c6ccc(OCCOCC)cc6F)cc5)cc4)c4ccccc4F)cc32)cc1. The number of rotatable bonds is 29. The molecule has 0 bridgehead atoms. The summed E-state index contributed by atoms with van der Waals surface area (Å²) in [6, 6.07) is 95.2. The Hall–Kier alpha value is -10.9. The summed E-state index contributed by atoms with van der Waals surface area (Å²) in [6.45, 7) is 15.0. The molecule has 2 unspecified atom stereocenters. The first-order valence-electron chi connectivity index (χ1n) is 37.1. The van der Waals surface area contributed by atoms with Gasteiger partial charge in [0, 0.05) is 42.0 Å². The standard InChI is InChI=1S/C94H86F2N2O8/c1-5-91(59-101-60-91)63-105-76-44-32-68(33-45-76)93(67-18-10-9-11-19-67)83-22-14-12-20-79(83)81-50-41-74(57-85(81)93)98(90-51-48-78(58-88(90)96)104-55-53-100-8-4)72-38-28-66(29-39-72)65-26-36-71(37-27-65)97(89-25-17-16-24-87(89)95)73-40-49-82-80-21-13-15-23-84(80)94(86(82)56-73,69-30-42-75(43-31-69)103-54-52-99-7-3)70-34-46-77(47-35-70)106-64-92(6-2)61-102-62-92/h9-51,56-58H,5-8,52-55,59-64H2,1-4H3. The number of benzene rings is 12. The quantitative estimate of drug-likeness (QED) is 0.0423. The number of hydrogen-bond donors (Lipinski definition) is 0. The summed E-state index contributed by atoms with van der Waals surface area (Å²) in [7, 11) is 0. The van der Waals surface area contributed by atoms with Crippen LogP contribution >= 0.6 is 0 Å². The van der Waals surface area contributed by atoms with Crippen LogP contribution in [0, 0.1) is 22.5 Å². The van der Waals surface area contributed by atoms with E-state index in [0.717, 1.165) is 131 Å². The minimum absolute atomic E-state index is 0.0127. The Morgan fingerprint density at radius 2 is 0.698 bits per heavy atom. The first-order chi connectivity index (χ1) is 52.1. The Bertz CT molecular complexity index is 5060. The summed E-state index contributed by atoms with van der Waals surface area (Å²) < 4.78 is 82.1. The van der Waals surface area contributed by atoms with Gasteiger partial charge in [0.05, 0.1) is 85.9 Å². The molecule has 12 aromatic rings. The molecule has 2 saturated heterocycles. The number of anilines is 6. The molecule has 0 N–H and O–H groups in total. The maximum absolute atomic E-state index is 17.4. The van der Waals surface area contributed by atoms with E-state index in [1.807, 2.05) is 54.0 Å². The van der Waals surface area contributed by atoms with Crippen molar-refractivity contribution < 1.29 is 46.7 Å². The van der Waals surface area contributed by atoms with Crippen molar-refractivity contribution in [3.8, 4) is 56.4 Å². The van der Waals surface area contributed by atoms with Crippen LogP contribution in [0.5, 0.6) is 23.0 Å². The molecule has 0 spiro atoms. The molecule has 0 aromatic heterocycles. The lowest BCUT2D eigenvalue weighted by Crippen LogP contribution is -2.46. The van der Waals surface area contributed by atoms with Crippen LogP contribution in [0.2, 0.25) is 0 Å². The van der Waals surface area contributed by atoms with Gasteiger partial charge in [0.2, 0.25) is 0 Å². The third kappa shape index (κ3) is 12.7. The molecule has 534 valence electrons. The topological polar surface area (TPSA) is 80.3 Å². The van der Waals surface area contributed by atoms with Gasteiger partial charge in [-0.1, -0.05) is 178 Å². The van der Waals surface area contributed by atoms with E-state index in [9.17, 15) is 0 Å². The average Bonchev–Trinajstić information content (AvgIpc) is 1.48. The van der Waals surface area contributed by atoms with Crippen LogP contribution < -0.4 is 28.7 Å². The Kier molecular flexibility index (Phi) is 19.6. The van der Waals surface area contributed by atoms with Gasteiger partial charge in [-0.15, -0.1) is 0 Å². The predicted octanol–water partition coefficient (Wildman–Crippen LogP) is 21.7. The summed E-state index contributed by atoms with van der Waals surface area (Å²) in [4.78, 5) is 4.01. The Morgan fingerprint density at radius 3 is 1.12 bits per heavy atom. The molecule has 12 heteroatoms. The molecule has 16 rings (SSSR count). The molecule has 2 fully saturated rings. The zero-order chi connectivity index (χ0) is 72.2. The van der Waals surface area contributed by atoms with E-state index >= 15 is 8.78 Å². The first kappa shape index (κ1) is 69.5. The molecule has 2 aliphatic heterocycles. The van der Waals surface area contributed by atoms with Gasteiger partial charge in [-0.25, -0.2) is 8.78 Å². The second-order valence-electron chi connectivity index (χ2n) is 28.2. The molecular formula is C94H86F2N2O8. The number of nitrogens with zero attached hydrogens (tertiary/aromatic N) is 2. The molecule has 4 aliphatic rings. The molecule has 2 heterocycles. The normalized spacial score (nSPS) is 16.8. The van der Waals surface area contributed by atoms with E-state index < -0.39 is 16.6 Å². The smallest absolute Gasteiger partial charge is 0.150 e. The van der Waals surface area contributed by atoms with E-state index in [4.69, 9.17) is 37.9 Å². The summed E-state index contributed by atoms with van der Waals surface area (Å²) in [5.41, 5.74) is 17.2. The van der Waals surface area contributed by atoms with Crippen molar-refractivity contribution in [3.05, 3.63) is 335 Å². The number of fused-ring (bicyclic) bond motifs is 6. The molecule has 0 saturated carbocycles. The monoisotopic (exact) mass is 1410 g/mol. The van der Waals surface area contributed by atoms with Crippen molar-refractivity contribution in [2.75, 3.05) is 89.1 Å². The zero-order valence-electron chi connectivity index (χ0n) is 60.4. The molecule has 0 amide bonds. The third-order valence-corrected chi connectivity index (χ3v) is 22.1. The Morgan fingerprint density at radius 1 is 0.321 bits per heavy atom. The lowest BCUT2D eigenvalue weighted by atomic mass is 9.67. The lowest BCUT2D eigenvalue weighted by molar-refractivity contribution is -0.133. The largest absolute Gasteiger partial charge is 0.493 e.